The molecule has 0 spiro atoms. The quantitative estimate of drug-likeness (QED) is 0.749. The lowest BCUT2D eigenvalue weighted by Crippen LogP contribution is -2.03. The van der Waals surface area contributed by atoms with Crippen molar-refractivity contribution >= 4 is 17.3 Å². The van der Waals surface area contributed by atoms with E-state index in [0.29, 0.717) is 5.75 Å². The number of carbonyl (C=O) groups excluding carboxylic acids is 1. The van der Waals surface area contributed by atoms with E-state index >= 15 is 0 Å². The second kappa shape index (κ2) is 5.76. The summed E-state index contributed by atoms with van der Waals surface area (Å²) in [4.78, 5) is 11.5. The number of carbonyl (C=O) groups is 1. The number of methoxy groups -OCH3 is 1. The third-order valence-electron chi connectivity index (χ3n) is 2.82. The molecule has 21 heavy (non-hydrogen) atoms. The number of aromatic amines is 1. The first-order chi connectivity index (χ1) is 10.3. The normalized spacial score (nSPS) is 10.3. The predicted molar refractivity (Wildman–Crippen MR) is 77.6 cm³/mol. The van der Waals surface area contributed by atoms with Gasteiger partial charge >= 0.3 is 5.97 Å². The van der Waals surface area contributed by atoms with Crippen molar-refractivity contribution < 1.29 is 14.3 Å². The van der Waals surface area contributed by atoms with Crippen LogP contribution < -0.4 is 4.74 Å². The van der Waals surface area contributed by atoms with E-state index in [1.54, 1.807) is 11.3 Å². The molecule has 0 aliphatic heterocycles. The number of rotatable bonds is 4. The van der Waals surface area contributed by atoms with E-state index in [0.717, 1.165) is 11.1 Å². The molecule has 1 aromatic carbocycles. The maximum absolute atomic E-state index is 11.5. The molecule has 106 valence electrons. The van der Waals surface area contributed by atoms with E-state index in [-0.39, 0.29) is 11.6 Å². The molecule has 0 bridgehead atoms. The van der Waals surface area contributed by atoms with Crippen LogP contribution in [0.5, 0.6) is 11.6 Å². The lowest BCUT2D eigenvalue weighted by molar-refractivity contribution is 0.0591. The summed E-state index contributed by atoms with van der Waals surface area (Å²) in [5.74, 6) is 0.129. The van der Waals surface area contributed by atoms with Gasteiger partial charge in [-0.3, -0.25) is 0 Å². The maximum Gasteiger partial charge on any atom is 0.364 e. The van der Waals surface area contributed by atoms with E-state index in [2.05, 4.69) is 31.6 Å². The van der Waals surface area contributed by atoms with Crippen molar-refractivity contribution in [3.05, 3.63) is 46.8 Å². The minimum Gasteiger partial charge on any atom is -0.464 e. The molecular weight excluding hydrogens is 290 g/mol. The summed E-state index contributed by atoms with van der Waals surface area (Å²) in [6.45, 7) is 0. The van der Waals surface area contributed by atoms with E-state index in [9.17, 15) is 4.79 Å². The molecule has 2 aromatic heterocycles. The summed E-state index contributed by atoms with van der Waals surface area (Å²) in [5.41, 5.74) is 2.27. The number of hydrogen-bond donors (Lipinski definition) is 1. The van der Waals surface area contributed by atoms with Crippen LogP contribution in [0.4, 0.5) is 0 Å². The number of hydrogen-bond acceptors (Lipinski definition) is 6. The number of benzene rings is 1. The summed E-state index contributed by atoms with van der Waals surface area (Å²) < 4.78 is 10.2. The topological polar surface area (TPSA) is 77.1 Å². The molecule has 0 saturated carbocycles. The van der Waals surface area contributed by atoms with Crippen LogP contribution in [0.15, 0.2) is 41.1 Å². The number of esters is 1. The molecule has 0 saturated heterocycles. The summed E-state index contributed by atoms with van der Waals surface area (Å²) in [6, 6.07) is 9.57. The van der Waals surface area contributed by atoms with Crippen molar-refractivity contribution in [2.24, 2.45) is 0 Å². The largest absolute Gasteiger partial charge is 0.464 e. The Morgan fingerprint density at radius 2 is 2.00 bits per heavy atom. The standard InChI is InChI=1S/C14H11N3O3S/c1-19-14(18)12-13(16-17-15-12)20-11-4-2-9(3-5-11)10-6-7-21-8-10/h2-8H,1H3,(H,15,16,17). The predicted octanol–water partition coefficient (Wildman–Crippen LogP) is 3.11. The van der Waals surface area contributed by atoms with E-state index in [1.165, 1.54) is 7.11 Å². The third-order valence-corrected chi connectivity index (χ3v) is 3.51. The van der Waals surface area contributed by atoms with Crippen LogP contribution in [0.1, 0.15) is 10.5 Å². The van der Waals surface area contributed by atoms with Gasteiger partial charge in [0.15, 0.2) is 0 Å². The highest BCUT2D eigenvalue weighted by molar-refractivity contribution is 7.08. The molecule has 3 aromatic rings. The van der Waals surface area contributed by atoms with Gasteiger partial charge in [0.25, 0.3) is 5.88 Å². The molecule has 1 N–H and O–H groups in total. The van der Waals surface area contributed by atoms with Crippen molar-refractivity contribution in [2.75, 3.05) is 7.11 Å². The van der Waals surface area contributed by atoms with Crippen LogP contribution in [0.2, 0.25) is 0 Å². The molecule has 7 heteroatoms. The average molecular weight is 301 g/mol. The maximum atomic E-state index is 11.5. The second-order valence-corrected chi connectivity index (χ2v) is 4.90. The van der Waals surface area contributed by atoms with Crippen LogP contribution in [-0.4, -0.2) is 28.5 Å². The number of H-pyrrole nitrogens is 1. The Labute approximate surface area is 124 Å². The number of nitrogens with zero attached hydrogens (tertiary/aromatic N) is 2. The smallest absolute Gasteiger partial charge is 0.364 e. The van der Waals surface area contributed by atoms with Crippen molar-refractivity contribution in [3.8, 4) is 22.8 Å². The SMILES string of the molecule is COC(=O)c1nn[nH]c1Oc1ccc(-c2ccsc2)cc1. The van der Waals surface area contributed by atoms with Gasteiger partial charge < -0.3 is 9.47 Å². The second-order valence-electron chi connectivity index (χ2n) is 4.12. The van der Waals surface area contributed by atoms with E-state index in [1.807, 2.05) is 29.6 Å². The fraction of sp³-hybridized carbons (Fsp3) is 0.0714. The van der Waals surface area contributed by atoms with Gasteiger partial charge in [-0.2, -0.15) is 11.3 Å². The Balaban J connectivity index is 1.80. The Morgan fingerprint density at radius 1 is 1.19 bits per heavy atom. The monoisotopic (exact) mass is 301 g/mol. The number of nitrogens with one attached hydrogen (secondary N) is 1. The van der Waals surface area contributed by atoms with Gasteiger partial charge in [0, 0.05) is 0 Å². The molecule has 0 amide bonds. The first-order valence-electron chi connectivity index (χ1n) is 6.08. The number of ether oxygens (including phenoxy) is 2. The third kappa shape index (κ3) is 2.77. The average Bonchev–Trinajstić information content (AvgIpc) is 3.18. The van der Waals surface area contributed by atoms with E-state index < -0.39 is 5.97 Å². The van der Waals surface area contributed by atoms with Gasteiger partial charge in [-0.15, -0.1) is 5.10 Å². The van der Waals surface area contributed by atoms with Crippen LogP contribution in [0, 0.1) is 0 Å². The van der Waals surface area contributed by atoms with Crippen LogP contribution >= 0.6 is 11.3 Å². The van der Waals surface area contributed by atoms with Gasteiger partial charge in [0.1, 0.15) is 5.75 Å². The highest BCUT2D eigenvalue weighted by Gasteiger charge is 2.18. The molecule has 3 rings (SSSR count). The van der Waals surface area contributed by atoms with Gasteiger partial charge in [-0.1, -0.05) is 17.3 Å². The minimum absolute atomic E-state index is 0.0133. The summed E-state index contributed by atoms with van der Waals surface area (Å²) in [5, 5.41) is 13.8. The number of aromatic nitrogens is 3. The molecule has 0 fully saturated rings. The Hall–Kier alpha value is -2.67. The van der Waals surface area contributed by atoms with Gasteiger partial charge in [-0.05, 0) is 40.1 Å². The fourth-order valence-corrected chi connectivity index (χ4v) is 2.45. The lowest BCUT2D eigenvalue weighted by atomic mass is 10.1. The zero-order chi connectivity index (χ0) is 14.7. The molecular formula is C14H11N3O3S. The first kappa shape index (κ1) is 13.3. The van der Waals surface area contributed by atoms with E-state index in [4.69, 9.17) is 4.74 Å². The van der Waals surface area contributed by atoms with Crippen LogP contribution in [0.3, 0.4) is 0 Å². The zero-order valence-electron chi connectivity index (χ0n) is 11.1. The molecule has 0 aliphatic rings. The Kier molecular flexibility index (Phi) is 3.65. The van der Waals surface area contributed by atoms with Gasteiger partial charge in [-0.25, -0.2) is 9.89 Å². The summed E-state index contributed by atoms with van der Waals surface area (Å²) in [6.07, 6.45) is 0. The summed E-state index contributed by atoms with van der Waals surface area (Å²) >= 11 is 1.65. The zero-order valence-corrected chi connectivity index (χ0v) is 11.9. The highest BCUT2D eigenvalue weighted by Crippen LogP contribution is 2.27. The van der Waals surface area contributed by atoms with Crippen LogP contribution in [-0.2, 0) is 4.74 Å². The van der Waals surface area contributed by atoms with Crippen molar-refractivity contribution in [1.29, 1.82) is 0 Å². The van der Waals surface area contributed by atoms with Gasteiger partial charge in [0.05, 0.1) is 7.11 Å². The molecule has 2 heterocycles. The Bertz CT molecular complexity index is 735. The fourth-order valence-electron chi connectivity index (χ4n) is 1.78. The van der Waals surface area contributed by atoms with Crippen molar-refractivity contribution in [3.63, 3.8) is 0 Å². The van der Waals surface area contributed by atoms with Crippen LogP contribution in [0.25, 0.3) is 11.1 Å². The molecule has 0 radical (unpaired) electrons. The Morgan fingerprint density at radius 3 is 2.67 bits per heavy atom. The number of thiophene rings is 1. The molecule has 0 aliphatic carbocycles. The molecule has 0 atom stereocenters. The highest BCUT2D eigenvalue weighted by atomic mass is 32.1. The molecule has 0 unspecified atom stereocenters. The molecule has 6 nitrogen and oxygen atoms in total. The van der Waals surface area contributed by atoms with Gasteiger partial charge in [0.2, 0.25) is 5.69 Å². The van der Waals surface area contributed by atoms with Crippen molar-refractivity contribution in [2.45, 2.75) is 0 Å². The first-order valence-corrected chi connectivity index (χ1v) is 7.02. The summed E-state index contributed by atoms with van der Waals surface area (Å²) in [7, 11) is 1.27. The minimum atomic E-state index is -0.603. The lowest BCUT2D eigenvalue weighted by Gasteiger charge is -2.05. The van der Waals surface area contributed by atoms with Crippen molar-refractivity contribution in [1.82, 2.24) is 15.4 Å².